The van der Waals surface area contributed by atoms with E-state index < -0.39 is 27.5 Å². The summed E-state index contributed by atoms with van der Waals surface area (Å²) in [6.45, 7) is 5.67. The van der Waals surface area contributed by atoms with Crippen molar-refractivity contribution < 1.29 is 28.4 Å². The van der Waals surface area contributed by atoms with Crippen LogP contribution in [-0.2, 0) is 32.0 Å². The van der Waals surface area contributed by atoms with Gasteiger partial charge in [0.15, 0.2) is 0 Å². The zero-order valence-corrected chi connectivity index (χ0v) is 30.2. The molecule has 2 N–H and O–H groups in total. The molecule has 2 saturated carbocycles. The van der Waals surface area contributed by atoms with Crippen molar-refractivity contribution >= 4 is 39.7 Å². The van der Waals surface area contributed by atoms with E-state index in [1.807, 2.05) is 25.1 Å². The van der Waals surface area contributed by atoms with Gasteiger partial charge in [-0.1, -0.05) is 36.7 Å². The number of carbonyl (C=O) groups is 2. The van der Waals surface area contributed by atoms with Gasteiger partial charge in [0.1, 0.15) is 11.1 Å². The molecule has 11 heteroatoms. The molecule has 3 aliphatic carbocycles. The minimum Gasteiger partial charge on any atom is -0.490 e. The zero-order chi connectivity index (χ0) is 34.5. The minimum absolute atomic E-state index is 0.0790. The number of nitrogens with one attached hydrogen (secondary N) is 1. The van der Waals surface area contributed by atoms with E-state index in [2.05, 4.69) is 38.9 Å². The molecule has 2 fully saturated rings. The van der Waals surface area contributed by atoms with Crippen LogP contribution in [0.2, 0.25) is 5.02 Å². The van der Waals surface area contributed by atoms with E-state index in [0.717, 1.165) is 55.9 Å². The minimum atomic E-state index is -2.50. The van der Waals surface area contributed by atoms with E-state index >= 15 is 0 Å². The number of fused-ring (bicyclic) bond motifs is 4. The summed E-state index contributed by atoms with van der Waals surface area (Å²) >= 11 is 6.44. The van der Waals surface area contributed by atoms with Crippen LogP contribution in [0.4, 0.5) is 5.69 Å². The molecule has 9 nitrogen and oxygen atoms in total. The van der Waals surface area contributed by atoms with Crippen molar-refractivity contribution in [1.29, 1.82) is 0 Å². The van der Waals surface area contributed by atoms with Gasteiger partial charge >= 0.3 is 0 Å². The van der Waals surface area contributed by atoms with Gasteiger partial charge < -0.3 is 24.8 Å². The molecular weight excluding hydrogens is 662 g/mol. The highest BCUT2D eigenvalue weighted by Gasteiger charge is 2.45. The summed E-state index contributed by atoms with van der Waals surface area (Å²) in [6, 6.07) is 11.6. The molecule has 2 unspecified atom stereocenters. The van der Waals surface area contributed by atoms with Crippen LogP contribution in [0.15, 0.2) is 52.9 Å². The van der Waals surface area contributed by atoms with Crippen LogP contribution in [0, 0.1) is 23.7 Å². The van der Waals surface area contributed by atoms with Gasteiger partial charge in [-0.3, -0.25) is 13.8 Å². The molecule has 2 amide bonds. The molecule has 0 aromatic heterocycles. The van der Waals surface area contributed by atoms with Crippen molar-refractivity contribution in [3.05, 3.63) is 70.3 Å². The number of amides is 2. The Bertz CT molecular complexity index is 1730. The van der Waals surface area contributed by atoms with E-state index in [1.54, 1.807) is 20.1 Å². The molecule has 0 saturated heterocycles. The van der Waals surface area contributed by atoms with Crippen molar-refractivity contribution in [2.75, 3.05) is 31.7 Å². The SMILES string of the molecule is CO[C@H]1/C=C/C[C@H](C)C(NC(=O)[C@H]2C[C@@](C)(O)C2)/[SH](=O)=N\C(=O)c2ccc3c(c2)N(C[C@@H]2CC[C@H]21)C[C@@]1(CCCc2cc(Cl)ccc21)CO3. The Balaban J connectivity index is 1.26. The number of rotatable bonds is 3. The average molecular weight is 710 g/mol. The Morgan fingerprint density at radius 2 is 2.02 bits per heavy atom. The predicted molar refractivity (Wildman–Crippen MR) is 192 cm³/mol. The Kier molecular flexibility index (Phi) is 9.62. The summed E-state index contributed by atoms with van der Waals surface area (Å²) in [5.74, 6) is -0.0544. The lowest BCUT2D eigenvalue weighted by atomic mass is 9.68. The third-order valence-electron chi connectivity index (χ3n) is 11.7. The molecule has 2 bridgehead atoms. The highest BCUT2D eigenvalue weighted by molar-refractivity contribution is 7.76. The molecule has 5 aliphatic rings. The molecule has 264 valence electrons. The molecule has 2 aliphatic heterocycles. The number of anilines is 1. The number of carbonyl (C=O) groups excluding carboxylic acids is 2. The maximum atomic E-state index is 13.8. The first-order valence-electron chi connectivity index (χ1n) is 17.7. The number of thiol groups is 1. The van der Waals surface area contributed by atoms with Crippen LogP contribution in [0.3, 0.4) is 0 Å². The number of halogens is 1. The number of nitrogens with zero attached hydrogens (tertiary/aromatic N) is 2. The third-order valence-corrected chi connectivity index (χ3v) is 13.5. The molecular formula is C38H48ClN3O6S. The smallest absolute Gasteiger partial charge is 0.285 e. The van der Waals surface area contributed by atoms with Crippen molar-refractivity contribution in [1.82, 2.24) is 5.32 Å². The molecule has 2 aromatic carbocycles. The van der Waals surface area contributed by atoms with Gasteiger partial charge in [0.25, 0.3) is 5.91 Å². The number of hydrogen-bond donors (Lipinski definition) is 3. The van der Waals surface area contributed by atoms with Crippen LogP contribution in [0.25, 0.3) is 0 Å². The second kappa shape index (κ2) is 13.7. The number of benzene rings is 2. The Labute approximate surface area is 296 Å². The normalized spacial score (nSPS) is 36.8. The fourth-order valence-corrected chi connectivity index (χ4v) is 10.2. The lowest BCUT2D eigenvalue weighted by molar-refractivity contribution is -0.139. The summed E-state index contributed by atoms with van der Waals surface area (Å²) in [4.78, 5) is 29.3. The third kappa shape index (κ3) is 6.90. The van der Waals surface area contributed by atoms with Crippen molar-refractivity contribution in [2.24, 2.45) is 28.0 Å². The summed E-state index contributed by atoms with van der Waals surface area (Å²) in [5.41, 5.74) is 2.61. The van der Waals surface area contributed by atoms with Crippen LogP contribution in [0.5, 0.6) is 5.75 Å². The Hall–Kier alpha value is -2.92. The first-order chi connectivity index (χ1) is 23.4. The zero-order valence-electron chi connectivity index (χ0n) is 28.6. The van der Waals surface area contributed by atoms with Gasteiger partial charge in [-0.05, 0) is 118 Å². The Morgan fingerprint density at radius 1 is 1.20 bits per heavy atom. The first kappa shape index (κ1) is 34.5. The average Bonchev–Trinajstić information content (AvgIpc) is 3.19. The second-order valence-corrected chi connectivity index (χ2v) is 17.2. The van der Waals surface area contributed by atoms with Gasteiger partial charge in [-0.15, -0.1) is 0 Å². The molecule has 0 radical (unpaired) electrons. The quantitative estimate of drug-likeness (QED) is 0.270. The number of hydrogen-bond acceptors (Lipinski definition) is 7. The van der Waals surface area contributed by atoms with Crippen molar-refractivity contribution in [2.45, 2.75) is 87.7 Å². The fraction of sp³-hybridized carbons (Fsp3) is 0.579. The summed E-state index contributed by atoms with van der Waals surface area (Å²) in [7, 11) is -0.748. The molecule has 7 atom stereocenters. The lowest BCUT2D eigenvalue weighted by Crippen LogP contribution is -2.51. The summed E-state index contributed by atoms with van der Waals surface area (Å²) in [5, 5.41) is 13.0. The highest BCUT2D eigenvalue weighted by atomic mass is 35.5. The van der Waals surface area contributed by atoms with Gasteiger partial charge in [-0.2, -0.15) is 4.36 Å². The van der Waals surface area contributed by atoms with Gasteiger partial charge in [0.05, 0.1) is 34.6 Å². The summed E-state index contributed by atoms with van der Waals surface area (Å²) in [6.07, 6.45) is 10.4. The Morgan fingerprint density at radius 3 is 2.76 bits per heavy atom. The first-order valence-corrected chi connectivity index (χ1v) is 19.4. The van der Waals surface area contributed by atoms with Crippen LogP contribution in [0.1, 0.15) is 80.3 Å². The maximum Gasteiger partial charge on any atom is 0.285 e. The number of methoxy groups -OCH3 is 1. The number of ether oxygens (including phenoxy) is 2. The van der Waals surface area contributed by atoms with Crippen LogP contribution >= 0.6 is 11.6 Å². The topological polar surface area (TPSA) is 118 Å². The highest BCUT2D eigenvalue weighted by Crippen LogP contribution is 2.47. The number of allylic oxidation sites excluding steroid dienone is 1. The van der Waals surface area contributed by atoms with E-state index in [0.29, 0.717) is 49.0 Å². The fourth-order valence-electron chi connectivity index (χ4n) is 8.81. The number of aryl methyl sites for hydroxylation is 1. The lowest BCUT2D eigenvalue weighted by Gasteiger charge is -2.46. The molecule has 7 rings (SSSR count). The van der Waals surface area contributed by atoms with Gasteiger partial charge in [0.2, 0.25) is 5.91 Å². The van der Waals surface area contributed by atoms with E-state index in [1.165, 1.54) is 11.1 Å². The summed E-state index contributed by atoms with van der Waals surface area (Å²) < 4.78 is 30.7. The van der Waals surface area contributed by atoms with Crippen molar-refractivity contribution in [3.8, 4) is 5.75 Å². The molecule has 2 aromatic rings. The van der Waals surface area contributed by atoms with Crippen LogP contribution < -0.4 is 15.0 Å². The van der Waals surface area contributed by atoms with Gasteiger partial charge in [-0.25, -0.2) is 0 Å². The predicted octanol–water partition coefficient (Wildman–Crippen LogP) is 5.86. The standard InChI is InChI=1S/C38H48ClN3O6S/c1-23-6-4-8-32(47-3)29-12-9-26(29)20-42-21-38(15-5-7-24-16-28(39)11-13-30(24)38)22-48-33-14-10-25(17-31(33)42)35(44)41-49(46)36(23)40-34(43)27-18-37(2,45)19-27/h4,8,10-11,13-14,16-17,23,26-27,29,32,36,45,49H,5-7,9,12,15,18-22H2,1-3H3,(H,40,43)/b8-4+/t23-,26-,27-,29+,32-,36?,37+,38-/m0/s1. The number of aliphatic hydroxyl groups is 1. The van der Waals surface area contributed by atoms with Crippen molar-refractivity contribution in [3.63, 3.8) is 0 Å². The second-order valence-electron chi connectivity index (χ2n) is 15.4. The molecule has 1 spiro atoms. The van der Waals surface area contributed by atoms with E-state index in [4.69, 9.17) is 21.1 Å². The van der Waals surface area contributed by atoms with E-state index in [-0.39, 0.29) is 29.3 Å². The maximum absolute atomic E-state index is 13.8. The van der Waals surface area contributed by atoms with Gasteiger partial charge in [0, 0.05) is 42.1 Å². The monoisotopic (exact) mass is 709 g/mol. The molecule has 49 heavy (non-hydrogen) atoms. The molecule has 2 heterocycles. The largest absolute Gasteiger partial charge is 0.490 e. The van der Waals surface area contributed by atoms with E-state index in [9.17, 15) is 18.9 Å². The van der Waals surface area contributed by atoms with Crippen LogP contribution in [-0.4, -0.2) is 65.0 Å².